The number of thiophene rings is 1. The molecule has 3 aromatic rings. The maximum absolute atomic E-state index is 14.5. The normalized spacial score (nSPS) is 26.5. The molecule has 7 heteroatoms. The lowest BCUT2D eigenvalue weighted by Gasteiger charge is -2.41. The van der Waals surface area contributed by atoms with Crippen molar-refractivity contribution < 1.29 is 14.3 Å². The minimum Gasteiger partial charge on any atom is -0.385 e. The van der Waals surface area contributed by atoms with E-state index < -0.39 is 5.60 Å². The summed E-state index contributed by atoms with van der Waals surface area (Å²) in [5.41, 5.74) is 0.310. The number of likely N-dealkylation sites (tertiary alicyclic amines) is 1. The SMILES string of the molecule is O=C(c1cc(-c2cccs2)[nH]n1)N1C[C@@H]2CCC[C@@](O)(c3ccccc3F)[C@H]2C1. The topological polar surface area (TPSA) is 69.2 Å². The quantitative estimate of drug-likeness (QED) is 0.684. The molecule has 1 aliphatic heterocycles. The minimum absolute atomic E-state index is 0.144. The van der Waals surface area contributed by atoms with Gasteiger partial charge in [-0.05, 0) is 48.8 Å². The molecule has 5 nitrogen and oxygen atoms in total. The smallest absolute Gasteiger partial charge is 0.274 e. The van der Waals surface area contributed by atoms with E-state index in [1.165, 1.54) is 6.07 Å². The number of halogens is 1. The largest absolute Gasteiger partial charge is 0.385 e. The molecule has 2 fully saturated rings. The number of hydrogen-bond acceptors (Lipinski definition) is 4. The molecule has 2 N–H and O–H groups in total. The van der Waals surface area contributed by atoms with Gasteiger partial charge >= 0.3 is 0 Å². The number of aromatic amines is 1. The van der Waals surface area contributed by atoms with Crippen LogP contribution < -0.4 is 0 Å². The zero-order chi connectivity index (χ0) is 20.0. The van der Waals surface area contributed by atoms with E-state index in [2.05, 4.69) is 10.2 Å². The van der Waals surface area contributed by atoms with Gasteiger partial charge in [-0.1, -0.05) is 24.3 Å². The van der Waals surface area contributed by atoms with Crippen LogP contribution in [0.15, 0.2) is 47.8 Å². The van der Waals surface area contributed by atoms with Crippen LogP contribution in [0.2, 0.25) is 0 Å². The van der Waals surface area contributed by atoms with Crippen molar-refractivity contribution in [2.45, 2.75) is 24.9 Å². The molecular weight excluding hydrogens is 389 g/mol. The summed E-state index contributed by atoms with van der Waals surface area (Å²) in [6.07, 6.45) is 2.27. The molecule has 3 heterocycles. The molecule has 1 aliphatic carbocycles. The Hall–Kier alpha value is -2.51. The lowest BCUT2D eigenvalue weighted by atomic mass is 9.67. The van der Waals surface area contributed by atoms with Crippen molar-refractivity contribution in [1.82, 2.24) is 15.1 Å². The number of aliphatic hydroxyl groups is 1. The number of rotatable bonds is 3. The summed E-state index contributed by atoms with van der Waals surface area (Å²) in [6, 6.07) is 12.2. The van der Waals surface area contributed by atoms with Gasteiger partial charge in [0.2, 0.25) is 0 Å². The van der Waals surface area contributed by atoms with Crippen molar-refractivity contribution in [1.29, 1.82) is 0 Å². The van der Waals surface area contributed by atoms with Crippen molar-refractivity contribution in [3.63, 3.8) is 0 Å². The van der Waals surface area contributed by atoms with E-state index in [0.717, 1.165) is 23.4 Å². The predicted octanol–water partition coefficient (Wildman–Crippen LogP) is 4.04. The number of nitrogens with zero attached hydrogens (tertiary/aromatic N) is 2. The number of nitrogens with one attached hydrogen (secondary N) is 1. The van der Waals surface area contributed by atoms with Gasteiger partial charge in [0.1, 0.15) is 5.82 Å². The van der Waals surface area contributed by atoms with Gasteiger partial charge in [0.05, 0.1) is 16.2 Å². The Morgan fingerprint density at radius 1 is 1.28 bits per heavy atom. The maximum atomic E-state index is 14.5. The Bertz CT molecular complexity index is 1030. The Morgan fingerprint density at radius 3 is 2.93 bits per heavy atom. The molecule has 150 valence electrons. The molecule has 2 aliphatic rings. The molecule has 0 spiro atoms. The van der Waals surface area contributed by atoms with E-state index in [1.807, 2.05) is 17.5 Å². The molecule has 0 unspecified atom stereocenters. The number of benzene rings is 1. The molecule has 0 bridgehead atoms. The summed E-state index contributed by atoms with van der Waals surface area (Å²) < 4.78 is 14.5. The second-order valence-electron chi connectivity index (χ2n) is 8.02. The Kier molecular flexibility index (Phi) is 4.52. The summed E-state index contributed by atoms with van der Waals surface area (Å²) in [5.74, 6) is -0.538. The van der Waals surface area contributed by atoms with Crippen molar-refractivity contribution >= 4 is 17.2 Å². The third kappa shape index (κ3) is 3.09. The lowest BCUT2D eigenvalue weighted by molar-refractivity contribution is -0.0668. The predicted molar refractivity (Wildman–Crippen MR) is 109 cm³/mol. The molecule has 2 aromatic heterocycles. The number of carbonyl (C=O) groups is 1. The van der Waals surface area contributed by atoms with Crippen LogP contribution in [0, 0.1) is 17.7 Å². The fourth-order valence-electron chi connectivity index (χ4n) is 4.99. The summed E-state index contributed by atoms with van der Waals surface area (Å²) in [4.78, 5) is 15.9. The number of hydrogen-bond donors (Lipinski definition) is 2. The average molecular weight is 412 g/mol. The van der Waals surface area contributed by atoms with Crippen molar-refractivity contribution in [2.75, 3.05) is 13.1 Å². The molecule has 1 saturated heterocycles. The number of H-pyrrole nitrogens is 1. The Balaban J connectivity index is 1.39. The first-order chi connectivity index (χ1) is 14.1. The summed E-state index contributed by atoms with van der Waals surface area (Å²) in [5, 5.41) is 20.6. The van der Waals surface area contributed by atoms with Gasteiger partial charge in [-0.15, -0.1) is 11.3 Å². The third-order valence-electron chi connectivity index (χ3n) is 6.40. The molecule has 1 amide bonds. The van der Waals surface area contributed by atoms with Gasteiger partial charge in [0.25, 0.3) is 5.91 Å². The molecule has 5 rings (SSSR count). The standard InChI is InChI=1S/C22H22FN3O2S/c23-17-7-2-1-6-15(17)22(28)9-3-5-14-12-26(13-16(14)22)21(27)19-11-18(24-25-19)20-8-4-10-29-20/h1-2,4,6-8,10-11,14,16,28H,3,5,9,12-13H2,(H,24,25)/t14-,16-,22+/m0/s1. The zero-order valence-corrected chi connectivity index (χ0v) is 16.7. The highest BCUT2D eigenvalue weighted by Gasteiger charge is 2.51. The minimum atomic E-state index is -1.24. The first kappa shape index (κ1) is 18.5. The summed E-state index contributed by atoms with van der Waals surface area (Å²) in [6.45, 7) is 0.983. The maximum Gasteiger partial charge on any atom is 0.274 e. The van der Waals surface area contributed by atoms with Crippen molar-refractivity contribution in [3.8, 4) is 10.6 Å². The second-order valence-corrected chi connectivity index (χ2v) is 8.96. The second kappa shape index (κ2) is 7.07. The molecule has 3 atom stereocenters. The third-order valence-corrected chi connectivity index (χ3v) is 7.30. The van der Waals surface area contributed by atoms with Crippen molar-refractivity contribution in [2.24, 2.45) is 11.8 Å². The van der Waals surface area contributed by atoms with E-state index in [9.17, 15) is 14.3 Å². The Morgan fingerprint density at radius 2 is 2.14 bits per heavy atom. The van der Waals surface area contributed by atoms with Gasteiger partial charge in [0.15, 0.2) is 5.69 Å². The highest BCUT2D eigenvalue weighted by atomic mass is 32.1. The lowest BCUT2D eigenvalue weighted by Crippen LogP contribution is -2.43. The van der Waals surface area contributed by atoms with E-state index in [4.69, 9.17) is 0 Å². The van der Waals surface area contributed by atoms with Crippen LogP contribution >= 0.6 is 11.3 Å². The Labute approximate surface area is 172 Å². The molecule has 1 aromatic carbocycles. The number of carbonyl (C=O) groups excluding carboxylic acids is 1. The zero-order valence-electron chi connectivity index (χ0n) is 15.8. The van der Waals surface area contributed by atoms with Gasteiger partial charge < -0.3 is 10.0 Å². The van der Waals surface area contributed by atoms with Crippen LogP contribution in [0.4, 0.5) is 4.39 Å². The number of aromatic nitrogens is 2. The number of amides is 1. The monoisotopic (exact) mass is 411 g/mol. The van der Waals surface area contributed by atoms with E-state index in [-0.39, 0.29) is 23.6 Å². The fourth-order valence-corrected chi connectivity index (χ4v) is 5.68. The van der Waals surface area contributed by atoms with Crippen LogP contribution in [0.3, 0.4) is 0 Å². The van der Waals surface area contributed by atoms with Crippen LogP contribution in [0.1, 0.15) is 35.3 Å². The van der Waals surface area contributed by atoms with Gasteiger partial charge in [0, 0.05) is 24.6 Å². The summed E-state index contributed by atoms with van der Waals surface area (Å²) in [7, 11) is 0. The highest BCUT2D eigenvalue weighted by Crippen LogP contribution is 2.49. The summed E-state index contributed by atoms with van der Waals surface area (Å²) >= 11 is 1.58. The molecule has 0 radical (unpaired) electrons. The fraction of sp³-hybridized carbons (Fsp3) is 0.364. The van der Waals surface area contributed by atoms with Crippen molar-refractivity contribution in [3.05, 3.63) is 64.9 Å². The molecule has 1 saturated carbocycles. The first-order valence-electron chi connectivity index (χ1n) is 9.92. The van der Waals surface area contributed by atoms with Crippen LogP contribution in [0.25, 0.3) is 10.6 Å². The van der Waals surface area contributed by atoms with E-state index >= 15 is 0 Å². The number of fused-ring (bicyclic) bond motifs is 1. The molecule has 29 heavy (non-hydrogen) atoms. The van der Waals surface area contributed by atoms with Gasteiger partial charge in [-0.25, -0.2) is 4.39 Å². The van der Waals surface area contributed by atoms with Gasteiger partial charge in [-0.3, -0.25) is 9.89 Å². The van der Waals surface area contributed by atoms with Crippen LogP contribution in [-0.4, -0.2) is 39.2 Å². The average Bonchev–Trinajstić information content (AvgIpc) is 3.47. The first-order valence-corrected chi connectivity index (χ1v) is 10.8. The van der Waals surface area contributed by atoms with Crippen LogP contribution in [0.5, 0.6) is 0 Å². The van der Waals surface area contributed by atoms with Crippen LogP contribution in [-0.2, 0) is 5.60 Å². The molecular formula is C22H22FN3O2S. The van der Waals surface area contributed by atoms with Gasteiger partial charge in [-0.2, -0.15) is 5.10 Å². The highest BCUT2D eigenvalue weighted by molar-refractivity contribution is 7.13. The van der Waals surface area contributed by atoms with E-state index in [1.54, 1.807) is 40.5 Å². The van der Waals surface area contributed by atoms with E-state index in [0.29, 0.717) is 30.8 Å².